The Morgan fingerprint density at radius 1 is 1.33 bits per heavy atom. The van der Waals surface area contributed by atoms with Gasteiger partial charge in [-0.2, -0.15) is 0 Å². The molecule has 0 aliphatic carbocycles. The molecule has 8 heteroatoms. The molecule has 0 radical (unpaired) electrons. The third-order valence-corrected chi connectivity index (χ3v) is 5.24. The standard InChI is InChI=1S/C22H32N6O.HI/c1-2-24-22(28-13-6-9-19(17-28)15-20(23)29)26-11-10-21-25-12-14-27(21)16-18-7-4-3-5-8-18;/h3-5,7-8,12,14,19H,2,6,9-11,13,15-17H2,1H3,(H2,23,29)(H,24,26);1H. The molecule has 1 fully saturated rings. The van der Waals surface area contributed by atoms with Crippen molar-refractivity contribution in [3.8, 4) is 0 Å². The highest BCUT2D eigenvalue weighted by Crippen LogP contribution is 2.19. The molecule has 3 N–H and O–H groups in total. The number of aliphatic imine (C=N–C) groups is 1. The maximum absolute atomic E-state index is 11.3. The molecule has 164 valence electrons. The second-order valence-electron chi connectivity index (χ2n) is 7.57. The molecule has 0 bridgehead atoms. The van der Waals surface area contributed by atoms with Gasteiger partial charge in [0.25, 0.3) is 0 Å². The van der Waals surface area contributed by atoms with Crippen LogP contribution in [0.1, 0.15) is 37.6 Å². The van der Waals surface area contributed by atoms with Crippen LogP contribution in [-0.2, 0) is 17.8 Å². The van der Waals surface area contributed by atoms with E-state index in [1.165, 1.54) is 5.56 Å². The Morgan fingerprint density at radius 3 is 2.87 bits per heavy atom. The number of carbonyl (C=O) groups is 1. The number of primary amides is 1. The first-order valence-electron chi connectivity index (χ1n) is 10.5. The van der Waals surface area contributed by atoms with Crippen LogP contribution in [0.5, 0.6) is 0 Å². The van der Waals surface area contributed by atoms with Gasteiger partial charge in [-0.05, 0) is 31.2 Å². The molecular formula is C22H33IN6O. The fraction of sp³-hybridized carbons (Fsp3) is 0.500. The van der Waals surface area contributed by atoms with E-state index >= 15 is 0 Å². The monoisotopic (exact) mass is 524 g/mol. The third kappa shape index (κ3) is 7.30. The zero-order valence-electron chi connectivity index (χ0n) is 17.7. The number of hydrogen-bond donors (Lipinski definition) is 2. The van der Waals surface area contributed by atoms with Gasteiger partial charge in [-0.15, -0.1) is 24.0 Å². The Balaban J connectivity index is 0.00000320. The summed E-state index contributed by atoms with van der Waals surface area (Å²) < 4.78 is 2.18. The van der Waals surface area contributed by atoms with Crippen molar-refractivity contribution in [2.75, 3.05) is 26.2 Å². The Bertz CT molecular complexity index is 807. The van der Waals surface area contributed by atoms with E-state index in [2.05, 4.69) is 51.0 Å². The summed E-state index contributed by atoms with van der Waals surface area (Å²) in [6.07, 6.45) is 7.22. The van der Waals surface area contributed by atoms with Gasteiger partial charge >= 0.3 is 0 Å². The number of nitrogens with zero attached hydrogens (tertiary/aromatic N) is 4. The van der Waals surface area contributed by atoms with Crippen LogP contribution in [0.3, 0.4) is 0 Å². The highest BCUT2D eigenvalue weighted by molar-refractivity contribution is 14.0. The minimum atomic E-state index is -0.218. The summed E-state index contributed by atoms with van der Waals surface area (Å²) in [6.45, 7) is 6.18. The van der Waals surface area contributed by atoms with Gasteiger partial charge in [-0.1, -0.05) is 30.3 Å². The first-order chi connectivity index (χ1) is 14.2. The van der Waals surface area contributed by atoms with E-state index in [4.69, 9.17) is 10.7 Å². The summed E-state index contributed by atoms with van der Waals surface area (Å²) in [5.41, 5.74) is 6.66. The number of hydrogen-bond acceptors (Lipinski definition) is 3. The highest BCUT2D eigenvalue weighted by atomic mass is 127. The number of guanidine groups is 1. The molecule has 1 saturated heterocycles. The van der Waals surface area contributed by atoms with Crippen LogP contribution in [0, 0.1) is 5.92 Å². The van der Waals surface area contributed by atoms with Gasteiger partial charge < -0.3 is 20.5 Å². The van der Waals surface area contributed by atoms with Crippen molar-refractivity contribution < 1.29 is 4.79 Å². The van der Waals surface area contributed by atoms with E-state index in [0.29, 0.717) is 18.9 Å². The van der Waals surface area contributed by atoms with Crippen molar-refractivity contribution in [2.24, 2.45) is 16.6 Å². The van der Waals surface area contributed by atoms with E-state index in [0.717, 1.165) is 57.2 Å². The zero-order valence-corrected chi connectivity index (χ0v) is 20.0. The Kier molecular flexibility index (Phi) is 10.1. The van der Waals surface area contributed by atoms with Crippen molar-refractivity contribution in [3.05, 3.63) is 54.1 Å². The highest BCUT2D eigenvalue weighted by Gasteiger charge is 2.23. The van der Waals surface area contributed by atoms with Gasteiger partial charge in [0.05, 0.1) is 0 Å². The van der Waals surface area contributed by atoms with Crippen LogP contribution in [0.4, 0.5) is 0 Å². The zero-order chi connectivity index (χ0) is 20.5. The third-order valence-electron chi connectivity index (χ3n) is 5.24. The molecule has 0 saturated carbocycles. The van der Waals surface area contributed by atoms with Crippen LogP contribution in [-0.4, -0.2) is 52.5 Å². The number of imidazole rings is 1. The first kappa shape index (κ1) is 24.2. The van der Waals surface area contributed by atoms with Gasteiger partial charge in [-0.25, -0.2) is 4.98 Å². The Hall–Kier alpha value is -2.10. The molecule has 1 aliphatic rings. The fourth-order valence-corrected chi connectivity index (χ4v) is 3.89. The van der Waals surface area contributed by atoms with Crippen LogP contribution >= 0.6 is 24.0 Å². The van der Waals surface area contributed by atoms with Gasteiger partial charge in [0.15, 0.2) is 5.96 Å². The quantitative estimate of drug-likeness (QED) is 0.316. The lowest BCUT2D eigenvalue weighted by Crippen LogP contribution is -2.47. The molecule has 7 nitrogen and oxygen atoms in total. The van der Waals surface area contributed by atoms with Crippen LogP contribution in [0.15, 0.2) is 47.7 Å². The van der Waals surface area contributed by atoms with E-state index in [-0.39, 0.29) is 29.9 Å². The average Bonchev–Trinajstić information content (AvgIpc) is 3.15. The average molecular weight is 524 g/mol. The molecule has 1 unspecified atom stereocenters. The number of rotatable bonds is 8. The summed E-state index contributed by atoms with van der Waals surface area (Å²) in [5.74, 6) is 2.06. The predicted molar refractivity (Wildman–Crippen MR) is 131 cm³/mol. The number of carbonyl (C=O) groups excluding carboxylic acids is 1. The molecule has 1 aliphatic heterocycles. The summed E-state index contributed by atoms with van der Waals surface area (Å²) in [4.78, 5) is 22.9. The molecule has 1 aromatic heterocycles. The van der Waals surface area contributed by atoms with Crippen molar-refractivity contribution in [3.63, 3.8) is 0 Å². The van der Waals surface area contributed by atoms with Crippen molar-refractivity contribution in [2.45, 2.75) is 39.2 Å². The number of halogens is 1. The molecular weight excluding hydrogens is 491 g/mol. The topological polar surface area (TPSA) is 88.5 Å². The van der Waals surface area contributed by atoms with Crippen LogP contribution < -0.4 is 11.1 Å². The van der Waals surface area contributed by atoms with Crippen molar-refractivity contribution in [1.29, 1.82) is 0 Å². The largest absolute Gasteiger partial charge is 0.370 e. The molecule has 1 amide bonds. The van der Waals surface area contributed by atoms with Crippen LogP contribution in [0.25, 0.3) is 0 Å². The van der Waals surface area contributed by atoms with E-state index < -0.39 is 0 Å². The molecule has 2 heterocycles. The van der Waals surface area contributed by atoms with Gasteiger partial charge in [0, 0.05) is 58.0 Å². The Morgan fingerprint density at radius 2 is 2.13 bits per heavy atom. The minimum Gasteiger partial charge on any atom is -0.370 e. The summed E-state index contributed by atoms with van der Waals surface area (Å²) in [7, 11) is 0. The smallest absolute Gasteiger partial charge is 0.217 e. The lowest BCUT2D eigenvalue weighted by Gasteiger charge is -2.34. The fourth-order valence-electron chi connectivity index (χ4n) is 3.89. The second-order valence-corrected chi connectivity index (χ2v) is 7.57. The summed E-state index contributed by atoms with van der Waals surface area (Å²) >= 11 is 0. The molecule has 1 aromatic carbocycles. The van der Waals surface area contributed by atoms with Crippen molar-refractivity contribution >= 4 is 35.8 Å². The van der Waals surface area contributed by atoms with Gasteiger partial charge in [0.1, 0.15) is 5.82 Å². The number of piperidine rings is 1. The van der Waals surface area contributed by atoms with Crippen LogP contribution in [0.2, 0.25) is 0 Å². The lowest BCUT2D eigenvalue weighted by atomic mass is 9.95. The molecule has 3 rings (SSSR count). The number of nitrogens with two attached hydrogens (primary N) is 1. The number of aromatic nitrogens is 2. The van der Waals surface area contributed by atoms with Gasteiger partial charge in [-0.3, -0.25) is 9.79 Å². The molecule has 0 spiro atoms. The number of amides is 1. The number of likely N-dealkylation sites (tertiary alicyclic amines) is 1. The Labute approximate surface area is 196 Å². The minimum absolute atomic E-state index is 0. The maximum Gasteiger partial charge on any atom is 0.217 e. The predicted octanol–water partition coefficient (Wildman–Crippen LogP) is 2.64. The maximum atomic E-state index is 11.3. The molecule has 1 atom stereocenters. The summed E-state index contributed by atoms with van der Waals surface area (Å²) in [6, 6.07) is 10.4. The van der Waals surface area contributed by atoms with Crippen molar-refractivity contribution in [1.82, 2.24) is 19.8 Å². The SMILES string of the molecule is CCNC(=NCCc1nccn1Cc1ccccc1)N1CCCC(CC(N)=O)C1.I. The van der Waals surface area contributed by atoms with E-state index in [1.54, 1.807) is 0 Å². The van der Waals surface area contributed by atoms with E-state index in [1.807, 2.05) is 18.5 Å². The lowest BCUT2D eigenvalue weighted by molar-refractivity contribution is -0.119. The summed E-state index contributed by atoms with van der Waals surface area (Å²) in [5, 5.41) is 3.39. The first-order valence-corrected chi connectivity index (χ1v) is 10.5. The number of nitrogens with one attached hydrogen (secondary N) is 1. The normalized spacial score (nSPS) is 16.8. The number of benzene rings is 1. The van der Waals surface area contributed by atoms with Gasteiger partial charge in [0.2, 0.25) is 5.91 Å². The molecule has 30 heavy (non-hydrogen) atoms. The molecule has 2 aromatic rings. The second kappa shape index (κ2) is 12.6. The van der Waals surface area contributed by atoms with E-state index in [9.17, 15) is 4.79 Å².